The minimum absolute atomic E-state index is 0.0553. The smallest absolute Gasteiger partial charge is 0.363 e. The number of benzene rings is 2. The van der Waals surface area contributed by atoms with Crippen molar-refractivity contribution in [3.8, 4) is 0 Å². The van der Waals surface area contributed by atoms with Crippen LogP contribution in [0.5, 0.6) is 0 Å². The lowest BCUT2D eigenvalue weighted by Crippen LogP contribution is -2.59. The van der Waals surface area contributed by atoms with E-state index in [0.29, 0.717) is 72.0 Å². The molecule has 248 valence electrons. The minimum Gasteiger partial charge on any atom is -0.377 e. The van der Waals surface area contributed by atoms with Gasteiger partial charge in [-0.15, -0.1) is 11.3 Å². The molecule has 11 nitrogen and oxygen atoms in total. The van der Waals surface area contributed by atoms with Gasteiger partial charge < -0.3 is 34.5 Å². The van der Waals surface area contributed by atoms with Crippen LogP contribution >= 0.6 is 18.9 Å². The highest BCUT2D eigenvalue weighted by atomic mass is 32.1. The summed E-state index contributed by atoms with van der Waals surface area (Å²) in [5, 5.41) is 3.45. The number of carbonyl (C=O) groups excluding carboxylic acids is 3. The summed E-state index contributed by atoms with van der Waals surface area (Å²) in [6, 6.07) is 12.5. The van der Waals surface area contributed by atoms with Gasteiger partial charge in [0, 0.05) is 23.8 Å². The molecule has 1 aromatic heterocycles. The Balaban J connectivity index is 1.03. The van der Waals surface area contributed by atoms with Crippen LogP contribution in [-0.2, 0) is 18.9 Å². The molecule has 0 bridgehead atoms. The zero-order valence-electron chi connectivity index (χ0n) is 25.5. The first-order chi connectivity index (χ1) is 22.6. The summed E-state index contributed by atoms with van der Waals surface area (Å²) >= 11 is 1.16. The van der Waals surface area contributed by atoms with Crippen LogP contribution < -0.4 is 15.1 Å². The maximum Gasteiger partial charge on any atom is 0.363 e. The summed E-state index contributed by atoms with van der Waals surface area (Å²) < 4.78 is 31.9. The molecular weight excluding hydrogens is 646 g/mol. The lowest BCUT2D eigenvalue weighted by Gasteiger charge is -2.45. The Morgan fingerprint density at radius 2 is 1.74 bits per heavy atom. The molecule has 6 atom stereocenters. The van der Waals surface area contributed by atoms with Crippen LogP contribution in [0.25, 0.3) is 10.1 Å². The SMILES string of the molecule is O=C(N[C@H]1C[C@@H]2C[C@@H]2C[C@H]2CC[C@@H](C(=O)N3CCN(C4COC4)c4ccccc43)N2C1=O)c1cc2cc(C(F)P(=O)(O)O)ccc2s1. The number of alkyl halides is 1. The molecule has 3 amide bonds. The fourth-order valence-corrected chi connectivity index (χ4v) is 9.45. The minimum atomic E-state index is -4.98. The molecule has 3 N–H and O–H groups in total. The molecule has 4 fully saturated rings. The summed E-state index contributed by atoms with van der Waals surface area (Å²) in [6.45, 7) is 2.54. The molecule has 1 saturated carbocycles. The topological polar surface area (TPSA) is 140 Å². The van der Waals surface area contributed by atoms with Crippen LogP contribution in [0.4, 0.5) is 15.8 Å². The second kappa shape index (κ2) is 11.7. The summed E-state index contributed by atoms with van der Waals surface area (Å²) in [5.74, 6) is -2.41. The van der Waals surface area contributed by atoms with Gasteiger partial charge in [0.15, 0.2) is 0 Å². The van der Waals surface area contributed by atoms with Crippen molar-refractivity contribution in [3.05, 3.63) is 59.0 Å². The Bertz CT molecular complexity index is 1810. The van der Waals surface area contributed by atoms with Gasteiger partial charge in [-0.3, -0.25) is 18.9 Å². The van der Waals surface area contributed by atoms with Crippen LogP contribution in [0.1, 0.15) is 53.3 Å². The number of hydrogen-bond donors (Lipinski definition) is 3. The maximum absolute atomic E-state index is 14.3. The normalized spacial score (nSPS) is 28.1. The number of amides is 3. The summed E-state index contributed by atoms with van der Waals surface area (Å²) in [4.78, 5) is 67.0. The first-order valence-corrected chi connectivity index (χ1v) is 18.7. The highest BCUT2D eigenvalue weighted by molar-refractivity contribution is 7.51. The molecule has 5 aliphatic rings. The van der Waals surface area contributed by atoms with Gasteiger partial charge in [0.2, 0.25) is 17.7 Å². The molecule has 14 heteroatoms. The third kappa shape index (κ3) is 5.55. The molecule has 0 radical (unpaired) electrons. The van der Waals surface area contributed by atoms with E-state index in [0.717, 1.165) is 42.0 Å². The number of hydrogen-bond acceptors (Lipinski definition) is 7. The molecule has 2 aromatic carbocycles. The standard InChI is InChI=1S/C33H36FN4O7PS/c34-30(46(42,43)44)18-5-8-28-21(11-18)15-29(47-28)31(39)35-24-14-20-12-19(20)13-22-6-7-27(38(22)32(24)40)33(41)37-10-9-36(23-16-45-17-23)25-3-1-2-4-26(25)37/h1-5,8,11,15,19-20,22-24,27,30H,6-7,9-10,12-14,16-17H2,(H,35,39)(H2,42,43,44)/t19-,20+,22-,24+,27+,30?/m1/s1. The van der Waals surface area contributed by atoms with E-state index in [9.17, 15) is 33.1 Å². The van der Waals surface area contributed by atoms with Gasteiger partial charge in [0.05, 0.1) is 35.5 Å². The van der Waals surface area contributed by atoms with E-state index in [1.165, 1.54) is 18.2 Å². The molecule has 47 heavy (non-hydrogen) atoms. The number of thiophene rings is 1. The molecule has 8 rings (SSSR count). The zero-order valence-corrected chi connectivity index (χ0v) is 27.2. The third-order valence-corrected chi connectivity index (χ3v) is 12.5. The van der Waals surface area contributed by atoms with Crippen molar-refractivity contribution in [2.75, 3.05) is 36.1 Å². The lowest BCUT2D eigenvalue weighted by molar-refractivity contribution is -0.142. The quantitative estimate of drug-likeness (QED) is 0.329. The monoisotopic (exact) mass is 682 g/mol. The number of nitrogens with one attached hydrogen (secondary N) is 1. The largest absolute Gasteiger partial charge is 0.377 e. The maximum atomic E-state index is 14.3. The highest BCUT2D eigenvalue weighted by Crippen LogP contribution is 2.53. The molecule has 0 spiro atoms. The van der Waals surface area contributed by atoms with E-state index >= 15 is 0 Å². The Labute approximate surface area is 274 Å². The van der Waals surface area contributed by atoms with E-state index in [4.69, 9.17) is 4.74 Å². The number of nitrogens with zero attached hydrogens (tertiary/aromatic N) is 3. The van der Waals surface area contributed by atoms with Crippen LogP contribution in [0.2, 0.25) is 0 Å². The fourth-order valence-electron chi connectivity index (χ4n) is 7.95. The molecule has 5 heterocycles. The number of rotatable bonds is 6. The van der Waals surface area contributed by atoms with Crippen molar-refractivity contribution in [1.29, 1.82) is 0 Å². The van der Waals surface area contributed by atoms with Crippen LogP contribution in [0.3, 0.4) is 0 Å². The van der Waals surface area contributed by atoms with Gasteiger partial charge in [-0.1, -0.05) is 18.2 Å². The molecular formula is C33H36FN4O7PS. The van der Waals surface area contributed by atoms with Gasteiger partial charge >= 0.3 is 7.60 Å². The molecule has 3 saturated heterocycles. The Morgan fingerprint density at radius 1 is 0.979 bits per heavy atom. The fraction of sp³-hybridized carbons (Fsp3) is 0.485. The summed E-state index contributed by atoms with van der Waals surface area (Å²) in [7, 11) is -4.98. The first kappa shape index (κ1) is 31.0. The first-order valence-electron chi connectivity index (χ1n) is 16.2. The van der Waals surface area contributed by atoms with Gasteiger partial charge in [0.1, 0.15) is 12.1 Å². The number of para-hydroxylation sites is 2. The van der Waals surface area contributed by atoms with Gasteiger partial charge in [-0.05, 0) is 85.2 Å². The highest BCUT2D eigenvalue weighted by Gasteiger charge is 2.52. The van der Waals surface area contributed by atoms with Crippen molar-refractivity contribution in [2.45, 2.75) is 62.2 Å². The molecule has 3 aromatic rings. The van der Waals surface area contributed by atoms with Crippen LogP contribution in [-0.4, -0.2) is 82.9 Å². The van der Waals surface area contributed by atoms with Crippen molar-refractivity contribution in [3.63, 3.8) is 0 Å². The predicted molar refractivity (Wildman–Crippen MR) is 174 cm³/mol. The van der Waals surface area contributed by atoms with E-state index in [1.807, 2.05) is 29.2 Å². The summed E-state index contributed by atoms with van der Waals surface area (Å²) in [5.41, 5.74) is 1.68. The zero-order chi connectivity index (χ0) is 32.6. The Hall–Kier alpha value is -3.35. The van der Waals surface area contributed by atoms with E-state index in [2.05, 4.69) is 10.2 Å². The predicted octanol–water partition coefficient (Wildman–Crippen LogP) is 4.19. The van der Waals surface area contributed by atoms with Gasteiger partial charge in [-0.25, -0.2) is 4.39 Å². The molecule has 1 aliphatic carbocycles. The third-order valence-electron chi connectivity index (χ3n) is 10.5. The Morgan fingerprint density at radius 3 is 2.49 bits per heavy atom. The van der Waals surface area contributed by atoms with E-state index in [1.54, 1.807) is 11.0 Å². The van der Waals surface area contributed by atoms with E-state index < -0.39 is 31.5 Å². The number of carbonyl (C=O) groups is 3. The Kier molecular flexibility index (Phi) is 7.68. The van der Waals surface area contributed by atoms with Crippen molar-refractivity contribution in [1.82, 2.24) is 10.2 Å². The molecule has 1 unspecified atom stereocenters. The average molecular weight is 683 g/mol. The second-order valence-corrected chi connectivity index (χ2v) is 16.2. The number of anilines is 2. The van der Waals surface area contributed by atoms with Crippen molar-refractivity contribution < 1.29 is 37.9 Å². The molecule has 4 aliphatic heterocycles. The van der Waals surface area contributed by atoms with Gasteiger partial charge in [0.25, 0.3) is 5.91 Å². The summed E-state index contributed by atoms with van der Waals surface area (Å²) in [6.07, 6.45) is 3.70. The number of ether oxygens (including phenoxy) is 1. The van der Waals surface area contributed by atoms with Crippen molar-refractivity contribution >= 4 is 58.1 Å². The van der Waals surface area contributed by atoms with Crippen LogP contribution in [0.15, 0.2) is 48.5 Å². The number of fused-ring (bicyclic) bond motifs is 4. The second-order valence-electron chi connectivity index (χ2n) is 13.4. The average Bonchev–Trinajstić information content (AvgIpc) is 3.39. The van der Waals surface area contributed by atoms with Crippen LogP contribution in [0, 0.1) is 11.8 Å². The van der Waals surface area contributed by atoms with E-state index in [-0.39, 0.29) is 23.4 Å². The lowest BCUT2D eigenvalue weighted by atomic mass is 9.98. The number of halogens is 1. The van der Waals surface area contributed by atoms with Gasteiger partial charge in [-0.2, -0.15) is 0 Å². The van der Waals surface area contributed by atoms with Crippen molar-refractivity contribution in [2.24, 2.45) is 11.8 Å².